The van der Waals surface area contributed by atoms with Crippen LogP contribution in [0.4, 0.5) is 8.78 Å². The molecule has 0 N–H and O–H groups in total. The van der Waals surface area contributed by atoms with Gasteiger partial charge in [-0.2, -0.15) is 0 Å². The van der Waals surface area contributed by atoms with E-state index in [9.17, 15) is 18.4 Å². The second-order valence-corrected chi connectivity index (χ2v) is 10.7. The minimum atomic E-state index is -0.849. The molecular weight excluding hydrogens is 538 g/mol. The van der Waals surface area contributed by atoms with E-state index in [1.54, 1.807) is 24.3 Å². The van der Waals surface area contributed by atoms with Crippen molar-refractivity contribution < 1.29 is 32.6 Å². The number of carbonyl (C=O) groups excluding carboxylic acids is 2. The van der Waals surface area contributed by atoms with E-state index in [1.165, 1.54) is 68.9 Å². The maximum absolute atomic E-state index is 14.7. The van der Waals surface area contributed by atoms with Crippen LogP contribution in [0.2, 0.25) is 0 Å². The average Bonchev–Trinajstić information content (AvgIpc) is 3.00. The molecule has 5 nitrogen and oxygen atoms in total. The van der Waals surface area contributed by atoms with Gasteiger partial charge in [-0.25, -0.2) is 18.4 Å². The van der Waals surface area contributed by atoms with Gasteiger partial charge in [-0.3, -0.25) is 0 Å². The van der Waals surface area contributed by atoms with Crippen LogP contribution in [0.25, 0.3) is 11.1 Å². The molecule has 0 saturated heterocycles. The predicted molar refractivity (Wildman–Crippen MR) is 161 cm³/mol. The molecule has 0 heterocycles. The molecule has 0 saturated carbocycles. The summed E-state index contributed by atoms with van der Waals surface area (Å²) in [5.74, 6) is -2.57. The van der Waals surface area contributed by atoms with Gasteiger partial charge in [0.25, 0.3) is 0 Å². The minimum Gasteiger partial charge on any atom is -0.491 e. The lowest BCUT2D eigenvalue weighted by Gasteiger charge is -2.11. The maximum atomic E-state index is 14.7. The number of benzene rings is 3. The van der Waals surface area contributed by atoms with Gasteiger partial charge in [-0.05, 0) is 65.9 Å². The fraction of sp³-hybridized carbons (Fsp3) is 0.429. The van der Waals surface area contributed by atoms with E-state index >= 15 is 0 Å². The number of unbranched alkanes of at least 4 members (excludes halogenated alkanes) is 7. The summed E-state index contributed by atoms with van der Waals surface area (Å²) >= 11 is 0. The highest BCUT2D eigenvalue weighted by atomic mass is 19.1. The summed E-state index contributed by atoms with van der Waals surface area (Å²) < 4.78 is 45.3. The van der Waals surface area contributed by atoms with Gasteiger partial charge in [0.1, 0.15) is 0 Å². The minimum absolute atomic E-state index is 0.0387. The Kier molecular flexibility index (Phi) is 13.5. The lowest BCUT2D eigenvalue weighted by Crippen LogP contribution is -2.13. The van der Waals surface area contributed by atoms with Crippen LogP contribution in [0, 0.1) is 17.6 Å². The van der Waals surface area contributed by atoms with Crippen LogP contribution in [-0.2, 0) is 4.74 Å². The zero-order valence-electron chi connectivity index (χ0n) is 24.9. The molecule has 0 bridgehead atoms. The Morgan fingerprint density at radius 3 is 1.93 bits per heavy atom. The van der Waals surface area contributed by atoms with Gasteiger partial charge in [-0.1, -0.05) is 90.3 Å². The number of hydrogen-bond donors (Lipinski definition) is 0. The van der Waals surface area contributed by atoms with E-state index in [0.29, 0.717) is 17.7 Å². The van der Waals surface area contributed by atoms with Crippen LogP contribution in [0.1, 0.15) is 99.3 Å². The summed E-state index contributed by atoms with van der Waals surface area (Å²) in [5.41, 5.74) is 1.57. The topological polar surface area (TPSA) is 61.8 Å². The summed E-state index contributed by atoms with van der Waals surface area (Å²) in [7, 11) is 0. The maximum Gasteiger partial charge on any atom is 0.343 e. The van der Waals surface area contributed by atoms with Crippen molar-refractivity contribution in [3.63, 3.8) is 0 Å². The summed E-state index contributed by atoms with van der Waals surface area (Å²) in [6.45, 7) is 6.87. The van der Waals surface area contributed by atoms with Crippen LogP contribution >= 0.6 is 0 Å². The van der Waals surface area contributed by atoms with Crippen molar-refractivity contribution in [2.45, 2.75) is 78.6 Å². The molecule has 3 aromatic rings. The van der Waals surface area contributed by atoms with Crippen molar-refractivity contribution >= 4 is 11.9 Å². The third-order valence-corrected chi connectivity index (χ3v) is 7.21. The lowest BCUT2D eigenvalue weighted by atomic mass is 10.0. The van der Waals surface area contributed by atoms with Gasteiger partial charge in [0.2, 0.25) is 0 Å². The predicted octanol–water partition coefficient (Wildman–Crippen LogP) is 9.57. The van der Waals surface area contributed by atoms with E-state index in [2.05, 4.69) is 6.92 Å². The molecular formula is C35H42F2O5. The molecule has 1 atom stereocenters. The fourth-order valence-electron chi connectivity index (χ4n) is 4.30. The zero-order chi connectivity index (χ0) is 30.3. The van der Waals surface area contributed by atoms with Crippen LogP contribution in [0.5, 0.6) is 11.5 Å². The Labute approximate surface area is 248 Å². The van der Waals surface area contributed by atoms with E-state index in [-0.39, 0.29) is 35.2 Å². The van der Waals surface area contributed by atoms with Crippen molar-refractivity contribution in [3.8, 4) is 22.6 Å². The molecule has 0 aliphatic rings. The summed E-state index contributed by atoms with van der Waals surface area (Å²) in [6.07, 6.45) is 10.4. The van der Waals surface area contributed by atoms with E-state index in [1.807, 2.05) is 13.8 Å². The van der Waals surface area contributed by atoms with Gasteiger partial charge in [0.05, 0.1) is 24.3 Å². The van der Waals surface area contributed by atoms with E-state index in [4.69, 9.17) is 14.2 Å². The van der Waals surface area contributed by atoms with Crippen LogP contribution in [-0.4, -0.2) is 25.2 Å². The fourth-order valence-corrected chi connectivity index (χ4v) is 4.30. The molecule has 0 spiro atoms. The van der Waals surface area contributed by atoms with Gasteiger partial charge in [-0.15, -0.1) is 0 Å². The third-order valence-electron chi connectivity index (χ3n) is 7.21. The van der Waals surface area contributed by atoms with Crippen LogP contribution < -0.4 is 9.47 Å². The molecule has 0 aliphatic carbocycles. The molecule has 226 valence electrons. The van der Waals surface area contributed by atoms with Crippen molar-refractivity contribution in [1.29, 1.82) is 0 Å². The molecule has 3 rings (SSSR count). The Hall–Kier alpha value is -3.74. The SMILES string of the molecule is CCCCCCCCCCOc1ccc(-c2ccc(C(=O)Oc3ccc(C(=O)OC[C@@H](C)CC)cc3F)cc2)cc1F. The summed E-state index contributed by atoms with van der Waals surface area (Å²) in [5, 5.41) is 0. The first-order valence-corrected chi connectivity index (χ1v) is 15.0. The highest BCUT2D eigenvalue weighted by Gasteiger charge is 2.16. The molecule has 0 aromatic heterocycles. The average molecular weight is 581 g/mol. The van der Waals surface area contributed by atoms with Crippen LogP contribution in [0.15, 0.2) is 60.7 Å². The number of hydrogen-bond acceptors (Lipinski definition) is 5. The largest absolute Gasteiger partial charge is 0.491 e. The first kappa shape index (κ1) is 32.8. The molecule has 0 amide bonds. The second-order valence-electron chi connectivity index (χ2n) is 10.7. The van der Waals surface area contributed by atoms with Crippen molar-refractivity contribution in [2.75, 3.05) is 13.2 Å². The smallest absolute Gasteiger partial charge is 0.343 e. The quantitative estimate of drug-likeness (QED) is 0.0904. The van der Waals surface area contributed by atoms with E-state index in [0.717, 1.165) is 25.3 Å². The first-order valence-electron chi connectivity index (χ1n) is 15.0. The van der Waals surface area contributed by atoms with Crippen molar-refractivity contribution in [1.82, 2.24) is 0 Å². The number of esters is 2. The number of carbonyl (C=O) groups is 2. The van der Waals surface area contributed by atoms with Crippen molar-refractivity contribution in [3.05, 3.63) is 83.4 Å². The molecule has 42 heavy (non-hydrogen) atoms. The lowest BCUT2D eigenvalue weighted by molar-refractivity contribution is 0.0446. The molecule has 0 unspecified atom stereocenters. The molecule has 7 heteroatoms. The first-order chi connectivity index (χ1) is 20.3. The second kappa shape index (κ2) is 17.3. The highest BCUT2D eigenvalue weighted by Crippen LogP contribution is 2.27. The molecule has 0 aliphatic heterocycles. The highest BCUT2D eigenvalue weighted by molar-refractivity contribution is 5.92. The van der Waals surface area contributed by atoms with E-state index < -0.39 is 23.6 Å². The number of halogens is 2. The Morgan fingerprint density at radius 1 is 0.690 bits per heavy atom. The normalized spacial score (nSPS) is 11.6. The monoisotopic (exact) mass is 580 g/mol. The number of rotatable bonds is 17. The van der Waals surface area contributed by atoms with Gasteiger partial charge < -0.3 is 14.2 Å². The summed E-state index contributed by atoms with van der Waals surface area (Å²) in [6, 6.07) is 14.7. The third kappa shape index (κ3) is 10.3. The number of ether oxygens (including phenoxy) is 3. The summed E-state index contributed by atoms with van der Waals surface area (Å²) in [4.78, 5) is 24.8. The van der Waals surface area contributed by atoms with Gasteiger partial charge >= 0.3 is 11.9 Å². The van der Waals surface area contributed by atoms with Crippen LogP contribution in [0.3, 0.4) is 0 Å². The van der Waals surface area contributed by atoms with Crippen molar-refractivity contribution in [2.24, 2.45) is 5.92 Å². The Morgan fingerprint density at radius 2 is 1.29 bits per heavy atom. The Balaban J connectivity index is 1.50. The molecule has 3 aromatic carbocycles. The zero-order valence-corrected chi connectivity index (χ0v) is 24.9. The van der Waals surface area contributed by atoms with Gasteiger partial charge in [0.15, 0.2) is 23.1 Å². The molecule has 0 fully saturated rings. The standard InChI is InChI=1S/C35H42F2O5/c1-4-6-7-8-9-10-11-12-21-40-32-19-17-28(22-30(32)36)26-13-15-27(16-14-26)35(39)42-33-20-18-29(23-31(33)37)34(38)41-24-25(3)5-2/h13-20,22-23,25H,4-12,21,24H2,1-3H3/t25-/m0/s1. The Bertz CT molecular complexity index is 1290. The molecule has 0 radical (unpaired) electrons. The van der Waals surface area contributed by atoms with Gasteiger partial charge in [0, 0.05) is 0 Å².